The number of fused-ring (bicyclic) bond motifs is 8. The predicted molar refractivity (Wildman–Crippen MR) is 363 cm³/mol. The molecule has 12 aromatic carbocycles. The van der Waals surface area contributed by atoms with E-state index in [4.69, 9.17) is 0 Å². The van der Waals surface area contributed by atoms with Crippen molar-refractivity contribution >= 4 is 75.5 Å². The van der Waals surface area contributed by atoms with Gasteiger partial charge in [0.15, 0.2) is 0 Å². The van der Waals surface area contributed by atoms with E-state index in [1.54, 1.807) is 46.7 Å². The second-order valence-electron chi connectivity index (χ2n) is 26.9. The monoisotopic (exact) mass is 1330 g/mol. The third-order valence-electron chi connectivity index (χ3n) is 14.8. The molecule has 0 atom stereocenters. The van der Waals surface area contributed by atoms with Crippen LogP contribution in [0.3, 0.4) is 0 Å². The number of halogens is 2. The van der Waals surface area contributed by atoms with Crippen molar-refractivity contribution in [1.29, 1.82) is 0 Å². The fraction of sp³-hybridized carbons (Fsp3) is 0.282. The minimum absolute atomic E-state index is 0. The molecule has 0 bridgehead atoms. The van der Waals surface area contributed by atoms with Gasteiger partial charge in [-0.05, 0) is 32.8 Å². The molecular weight excluding hydrogens is 1250 g/mol. The Morgan fingerprint density at radius 2 is 0.536 bits per heavy atom. The van der Waals surface area contributed by atoms with Crippen LogP contribution in [-0.2, 0) is 68.3 Å². The van der Waals surface area contributed by atoms with E-state index in [1.165, 1.54) is 120 Å². The van der Waals surface area contributed by atoms with Crippen molar-refractivity contribution in [3.8, 4) is 22.3 Å². The third kappa shape index (κ3) is 18.8. The summed E-state index contributed by atoms with van der Waals surface area (Å²) < 4.78 is 0. The molecule has 0 amide bonds. The van der Waals surface area contributed by atoms with Crippen molar-refractivity contribution in [3.63, 3.8) is 0 Å². The Balaban J connectivity index is 0.000000196. The first-order chi connectivity index (χ1) is 38.5. The summed E-state index contributed by atoms with van der Waals surface area (Å²) in [5.41, 5.74) is 14.7. The summed E-state index contributed by atoms with van der Waals surface area (Å²) >= 11 is 3.48. The first-order valence-corrected chi connectivity index (χ1v) is 41.6. The van der Waals surface area contributed by atoms with Crippen LogP contribution in [0.15, 0.2) is 206 Å². The third-order valence-corrected chi connectivity index (χ3v) is 14.8. The Labute approximate surface area is 548 Å². The maximum absolute atomic E-state index is 2.35. The van der Waals surface area contributed by atoms with Crippen LogP contribution in [0.2, 0.25) is 26.2 Å². The molecule has 0 aliphatic carbocycles. The summed E-state index contributed by atoms with van der Waals surface area (Å²) in [6.45, 7) is 40.8. The topological polar surface area (TPSA) is 0 Å². The zero-order valence-corrected chi connectivity index (χ0v) is 61.8. The Hall–Kier alpha value is -4.50. The van der Waals surface area contributed by atoms with Crippen LogP contribution in [0.25, 0.3) is 86.9 Å². The molecule has 0 nitrogen and oxygen atoms in total. The summed E-state index contributed by atoms with van der Waals surface area (Å²) in [5, 5.41) is 16.3. The Morgan fingerprint density at radius 3 is 0.774 bits per heavy atom. The second-order valence-corrected chi connectivity index (χ2v) is 45.7. The average Bonchev–Trinajstić information content (AvgIpc) is 3.94. The number of aryl methyl sites for hydroxylation is 2. The summed E-state index contributed by atoms with van der Waals surface area (Å²) in [7, 11) is 0. The molecule has 12 aromatic rings. The van der Waals surface area contributed by atoms with E-state index in [9.17, 15) is 0 Å². The van der Waals surface area contributed by atoms with E-state index in [0.29, 0.717) is 0 Å². The van der Waals surface area contributed by atoms with Gasteiger partial charge in [-0.1, -0.05) is 252 Å². The molecule has 84 heavy (non-hydrogen) atoms. The van der Waals surface area contributed by atoms with Crippen LogP contribution in [0.4, 0.5) is 0 Å². The van der Waals surface area contributed by atoms with Crippen molar-refractivity contribution in [2.45, 2.75) is 145 Å². The summed E-state index contributed by atoms with van der Waals surface area (Å²) in [6.07, 6.45) is 0. The fourth-order valence-electron chi connectivity index (χ4n) is 10.4. The van der Waals surface area contributed by atoms with Crippen LogP contribution in [0, 0.1) is 13.8 Å². The first kappa shape index (κ1) is 70.3. The molecule has 0 spiro atoms. The maximum atomic E-state index is 2.35. The van der Waals surface area contributed by atoms with Crippen LogP contribution in [0.5, 0.6) is 0 Å². The maximum Gasteiger partial charge on any atom is -0.0279 e. The molecule has 0 heterocycles. The van der Waals surface area contributed by atoms with Gasteiger partial charge in [-0.15, -0.1) is 149 Å². The summed E-state index contributed by atoms with van der Waals surface area (Å²) in [4.78, 5) is 0. The number of rotatable bonds is 2. The SMILES string of the molecule is CC(C)(C)c1ccc2c(c1)[cH-]c1cc(C(C)(C)C)ccc12.CC(C)(C)c1ccc2c(c1)[cH-]c1cc(C(C)(C)C)ccc12.C[Si](C)=[Zr+2].C[Si](C)=[Zr+2].Cc1cc2c(-c3ccccc3)cccc2[cH-]1.Cc1cc2c(-c3ccccc3)cccc2[cH-]1.[Cl-].[Cl-]. The molecule has 0 aromatic heterocycles. The van der Waals surface area contributed by atoms with Gasteiger partial charge < -0.3 is 24.8 Å². The van der Waals surface area contributed by atoms with Gasteiger partial charge >= 0.3 is 83.7 Å². The minimum Gasteiger partial charge on any atom is -1.00 e. The Morgan fingerprint density at radius 1 is 0.286 bits per heavy atom. The van der Waals surface area contributed by atoms with E-state index < -0.39 is 0 Å². The number of hydrogen-bond acceptors (Lipinski definition) is 0. The molecular formula is C78H88Cl2Si2Zr2-2. The number of hydrogen-bond donors (Lipinski definition) is 0. The molecule has 0 N–H and O–H groups in total. The molecule has 12 rings (SSSR count). The Bertz CT molecular complexity index is 3700. The zero-order chi connectivity index (χ0) is 59.9. The fourth-order valence-corrected chi connectivity index (χ4v) is 10.4. The molecule has 0 aliphatic heterocycles. The largest absolute Gasteiger partial charge is 1.00 e. The second kappa shape index (κ2) is 29.9. The van der Waals surface area contributed by atoms with Gasteiger partial charge in [0.1, 0.15) is 0 Å². The molecule has 0 saturated carbocycles. The van der Waals surface area contributed by atoms with Crippen molar-refractivity contribution in [1.82, 2.24) is 0 Å². The van der Waals surface area contributed by atoms with Crippen molar-refractivity contribution < 1.29 is 71.5 Å². The predicted octanol–water partition coefficient (Wildman–Crippen LogP) is 17.3. The average molecular weight is 1340 g/mol. The summed E-state index contributed by atoms with van der Waals surface area (Å²) in [5.74, 6) is 0. The van der Waals surface area contributed by atoms with E-state index in [-0.39, 0.29) is 57.3 Å². The smallest absolute Gasteiger partial charge is 0.0279 e. The van der Waals surface area contributed by atoms with E-state index in [2.05, 4.69) is 329 Å². The molecule has 6 heteroatoms. The Kier molecular flexibility index (Phi) is 25.0. The van der Waals surface area contributed by atoms with Gasteiger partial charge in [-0.2, -0.15) is 12.1 Å². The van der Waals surface area contributed by atoms with E-state index in [0.717, 1.165) is 0 Å². The van der Waals surface area contributed by atoms with Crippen molar-refractivity contribution in [2.75, 3.05) is 0 Å². The molecule has 0 aliphatic rings. The van der Waals surface area contributed by atoms with Crippen molar-refractivity contribution in [2.24, 2.45) is 0 Å². The van der Waals surface area contributed by atoms with Gasteiger partial charge in [-0.3, -0.25) is 0 Å². The quantitative estimate of drug-likeness (QED) is 0.120. The van der Waals surface area contributed by atoms with Crippen LogP contribution in [0.1, 0.15) is 116 Å². The van der Waals surface area contributed by atoms with Gasteiger partial charge in [0.05, 0.1) is 0 Å². The minimum atomic E-state index is 0. The van der Waals surface area contributed by atoms with Gasteiger partial charge in [0.2, 0.25) is 0 Å². The molecule has 0 fully saturated rings. The van der Waals surface area contributed by atoms with Crippen LogP contribution in [-0.4, -0.2) is 10.9 Å². The van der Waals surface area contributed by atoms with Crippen LogP contribution < -0.4 is 24.8 Å². The standard InChI is InChI=1S/2C21H25.2C16H13.2C2H6Si.2ClH.2Zr/c2*1-20(2,3)16-7-9-18-14(12-16)11-15-13-17(21(4,5)6)8-10-19(15)18;2*1-12-10-14-8-5-9-15(16(14)11-12)13-6-3-2-4-7-13;2*1-3-2;;;;/h2*7-13H,1-6H3;2*2-11H,1H3;2*1-2H3;2*1H;;/q4*-1;;;;;2*+2/p-2. The normalized spacial score (nSPS) is 11.4. The zero-order valence-electron chi connectivity index (χ0n) is 53.4. The van der Waals surface area contributed by atoms with Gasteiger partial charge in [0.25, 0.3) is 0 Å². The van der Waals surface area contributed by atoms with Gasteiger partial charge in [0, 0.05) is 0 Å². The van der Waals surface area contributed by atoms with Gasteiger partial charge in [-0.25, -0.2) is 0 Å². The molecule has 0 saturated heterocycles. The van der Waals surface area contributed by atoms with E-state index in [1.807, 2.05) is 0 Å². The molecule has 432 valence electrons. The van der Waals surface area contributed by atoms with Crippen LogP contribution >= 0.6 is 0 Å². The summed E-state index contributed by atoms with van der Waals surface area (Å²) in [6, 6.07) is 75.5. The first-order valence-electron chi connectivity index (χ1n) is 29.2. The van der Waals surface area contributed by atoms with Crippen molar-refractivity contribution in [3.05, 3.63) is 240 Å². The van der Waals surface area contributed by atoms with E-state index >= 15 is 0 Å². The number of benzene rings is 8. The molecule has 0 unspecified atom stereocenters. The molecule has 0 radical (unpaired) electrons.